The molecule has 0 unspecified atom stereocenters. The van der Waals surface area contributed by atoms with Gasteiger partial charge in [0.25, 0.3) is 0 Å². The fourth-order valence-corrected chi connectivity index (χ4v) is 2.98. The van der Waals surface area contributed by atoms with Crippen LogP contribution in [0.2, 0.25) is 0 Å². The fraction of sp³-hybridized carbons (Fsp3) is 0.235. The zero-order valence-corrected chi connectivity index (χ0v) is 15.6. The van der Waals surface area contributed by atoms with Crippen molar-refractivity contribution in [1.82, 2.24) is 20.6 Å². The quantitative estimate of drug-likeness (QED) is 0.596. The predicted octanol–water partition coefficient (Wildman–Crippen LogP) is 3.76. The van der Waals surface area contributed by atoms with Gasteiger partial charge in [0, 0.05) is 5.56 Å². The van der Waals surface area contributed by atoms with Gasteiger partial charge in [-0.1, -0.05) is 29.8 Å². The van der Waals surface area contributed by atoms with Gasteiger partial charge in [-0.15, -0.1) is 10.2 Å². The summed E-state index contributed by atoms with van der Waals surface area (Å²) < 4.78 is 12.7. The smallest absolute Gasteiger partial charge is 0.204 e. The SMILES string of the molecule is CCOc1cc(-c2nn[nH]n2)cc(I)c1OCc1ccc(C)cc1. The number of halogens is 1. The normalized spacial score (nSPS) is 10.6. The molecule has 6 nitrogen and oxygen atoms in total. The van der Waals surface area contributed by atoms with Crippen LogP contribution in [0, 0.1) is 10.5 Å². The van der Waals surface area contributed by atoms with Crippen molar-refractivity contribution >= 4 is 22.6 Å². The molecule has 24 heavy (non-hydrogen) atoms. The Kier molecular flexibility index (Phi) is 5.29. The fourth-order valence-electron chi connectivity index (χ4n) is 2.22. The van der Waals surface area contributed by atoms with E-state index in [1.54, 1.807) is 0 Å². The maximum atomic E-state index is 6.02. The first kappa shape index (κ1) is 16.7. The Bertz CT molecular complexity index is 804. The van der Waals surface area contributed by atoms with E-state index in [0.717, 1.165) is 20.4 Å². The van der Waals surface area contributed by atoms with E-state index in [2.05, 4.69) is 74.4 Å². The zero-order valence-electron chi connectivity index (χ0n) is 13.4. The van der Waals surface area contributed by atoms with Gasteiger partial charge in [0.2, 0.25) is 5.82 Å². The van der Waals surface area contributed by atoms with Gasteiger partial charge in [-0.25, -0.2) is 0 Å². The van der Waals surface area contributed by atoms with Gasteiger partial charge in [-0.05, 0) is 59.3 Å². The minimum atomic E-state index is 0.484. The Morgan fingerprint density at radius 3 is 2.58 bits per heavy atom. The van der Waals surface area contributed by atoms with E-state index < -0.39 is 0 Å². The van der Waals surface area contributed by atoms with Gasteiger partial charge in [-0.2, -0.15) is 5.21 Å². The van der Waals surface area contributed by atoms with Crippen LogP contribution in [0.25, 0.3) is 11.4 Å². The van der Waals surface area contributed by atoms with E-state index in [0.29, 0.717) is 24.8 Å². The van der Waals surface area contributed by atoms with Crippen LogP contribution in [-0.2, 0) is 6.61 Å². The molecule has 3 aromatic rings. The Morgan fingerprint density at radius 2 is 1.92 bits per heavy atom. The van der Waals surface area contributed by atoms with Crippen LogP contribution in [0.4, 0.5) is 0 Å². The number of H-pyrrole nitrogens is 1. The molecule has 7 heteroatoms. The van der Waals surface area contributed by atoms with Crippen molar-refractivity contribution in [3.63, 3.8) is 0 Å². The molecule has 3 rings (SSSR count). The number of nitrogens with zero attached hydrogens (tertiary/aromatic N) is 3. The van der Waals surface area contributed by atoms with Gasteiger partial charge in [0.15, 0.2) is 11.5 Å². The summed E-state index contributed by atoms with van der Waals surface area (Å²) in [5.41, 5.74) is 3.17. The number of aryl methyl sites for hydroxylation is 1. The molecule has 0 aliphatic carbocycles. The summed E-state index contributed by atoms with van der Waals surface area (Å²) in [5, 5.41) is 14.1. The molecule has 0 bridgehead atoms. The first-order valence-electron chi connectivity index (χ1n) is 7.56. The van der Waals surface area contributed by atoms with Crippen molar-refractivity contribution in [2.75, 3.05) is 6.61 Å². The first-order chi connectivity index (χ1) is 11.7. The Morgan fingerprint density at radius 1 is 1.12 bits per heavy atom. The number of ether oxygens (including phenoxy) is 2. The van der Waals surface area contributed by atoms with Gasteiger partial charge in [0.05, 0.1) is 10.2 Å². The lowest BCUT2D eigenvalue weighted by Gasteiger charge is -2.15. The zero-order chi connectivity index (χ0) is 16.9. The predicted molar refractivity (Wildman–Crippen MR) is 99.0 cm³/mol. The third kappa shape index (κ3) is 3.84. The van der Waals surface area contributed by atoms with Crippen molar-refractivity contribution in [2.45, 2.75) is 20.5 Å². The molecule has 1 N–H and O–H groups in total. The number of rotatable bonds is 6. The van der Waals surface area contributed by atoms with E-state index in [-0.39, 0.29) is 0 Å². The van der Waals surface area contributed by atoms with Crippen LogP contribution in [0.1, 0.15) is 18.1 Å². The molecule has 1 heterocycles. The number of hydrogen-bond acceptors (Lipinski definition) is 5. The molecule has 0 atom stereocenters. The highest BCUT2D eigenvalue weighted by Crippen LogP contribution is 2.37. The Labute approximate surface area is 153 Å². The van der Waals surface area contributed by atoms with Gasteiger partial charge < -0.3 is 9.47 Å². The molecule has 124 valence electrons. The van der Waals surface area contributed by atoms with Crippen LogP contribution in [0.15, 0.2) is 36.4 Å². The standard InChI is InChI=1S/C17H17IN4O2/c1-3-23-15-9-13(17-19-21-22-20-17)8-14(18)16(15)24-10-12-6-4-11(2)5-7-12/h4-9H,3,10H2,1-2H3,(H,19,20,21,22). The third-order valence-electron chi connectivity index (χ3n) is 3.42. The Hall–Kier alpha value is -2.16. The maximum absolute atomic E-state index is 6.02. The number of nitrogens with one attached hydrogen (secondary N) is 1. The number of tetrazole rings is 1. The van der Waals surface area contributed by atoms with Crippen LogP contribution >= 0.6 is 22.6 Å². The molecule has 1 aromatic heterocycles. The summed E-state index contributed by atoms with van der Waals surface area (Å²) >= 11 is 2.23. The van der Waals surface area contributed by atoms with Crippen molar-refractivity contribution in [2.24, 2.45) is 0 Å². The van der Waals surface area contributed by atoms with Gasteiger partial charge in [-0.3, -0.25) is 0 Å². The molecule has 0 fully saturated rings. The monoisotopic (exact) mass is 436 g/mol. The number of aromatic amines is 1. The summed E-state index contributed by atoms with van der Waals surface area (Å²) in [6.45, 7) is 5.04. The highest BCUT2D eigenvalue weighted by molar-refractivity contribution is 14.1. The highest BCUT2D eigenvalue weighted by Gasteiger charge is 2.15. The van der Waals surface area contributed by atoms with E-state index in [1.807, 2.05) is 19.1 Å². The molecule has 0 saturated heterocycles. The van der Waals surface area contributed by atoms with Gasteiger partial charge in [0.1, 0.15) is 6.61 Å². The summed E-state index contributed by atoms with van der Waals surface area (Å²) in [7, 11) is 0. The minimum absolute atomic E-state index is 0.484. The second kappa shape index (κ2) is 7.61. The second-order valence-electron chi connectivity index (χ2n) is 5.23. The van der Waals surface area contributed by atoms with E-state index in [9.17, 15) is 0 Å². The van der Waals surface area contributed by atoms with Crippen LogP contribution in [0.5, 0.6) is 11.5 Å². The number of benzene rings is 2. The molecule has 0 radical (unpaired) electrons. The first-order valence-corrected chi connectivity index (χ1v) is 8.63. The molecule has 0 aliphatic heterocycles. The van der Waals surface area contributed by atoms with E-state index >= 15 is 0 Å². The lowest BCUT2D eigenvalue weighted by molar-refractivity contribution is 0.267. The Balaban J connectivity index is 1.87. The van der Waals surface area contributed by atoms with Crippen LogP contribution in [-0.4, -0.2) is 27.2 Å². The van der Waals surface area contributed by atoms with Gasteiger partial charge >= 0.3 is 0 Å². The summed E-state index contributed by atoms with van der Waals surface area (Å²) in [4.78, 5) is 0. The molecule has 0 aliphatic rings. The number of hydrogen-bond donors (Lipinski definition) is 1. The molecular weight excluding hydrogens is 419 g/mol. The third-order valence-corrected chi connectivity index (χ3v) is 4.22. The molecule has 2 aromatic carbocycles. The molecule has 0 saturated carbocycles. The van der Waals surface area contributed by atoms with Crippen molar-refractivity contribution in [1.29, 1.82) is 0 Å². The number of aromatic nitrogens is 4. The van der Waals surface area contributed by atoms with Crippen molar-refractivity contribution in [3.05, 3.63) is 51.1 Å². The summed E-state index contributed by atoms with van der Waals surface area (Å²) in [6.07, 6.45) is 0. The highest BCUT2D eigenvalue weighted by atomic mass is 127. The maximum Gasteiger partial charge on any atom is 0.204 e. The summed E-state index contributed by atoms with van der Waals surface area (Å²) in [6, 6.07) is 12.1. The minimum Gasteiger partial charge on any atom is -0.490 e. The largest absolute Gasteiger partial charge is 0.490 e. The molecular formula is C17H17IN4O2. The molecule has 0 spiro atoms. The van der Waals surface area contributed by atoms with E-state index in [4.69, 9.17) is 9.47 Å². The van der Waals surface area contributed by atoms with E-state index in [1.165, 1.54) is 5.56 Å². The summed E-state index contributed by atoms with van der Waals surface area (Å²) in [5.74, 6) is 1.93. The lowest BCUT2D eigenvalue weighted by Crippen LogP contribution is -2.02. The average molecular weight is 436 g/mol. The van der Waals surface area contributed by atoms with Crippen molar-refractivity contribution in [3.8, 4) is 22.9 Å². The second-order valence-corrected chi connectivity index (χ2v) is 6.39. The molecule has 0 amide bonds. The lowest BCUT2D eigenvalue weighted by atomic mass is 10.1. The van der Waals surface area contributed by atoms with Crippen molar-refractivity contribution < 1.29 is 9.47 Å². The van der Waals surface area contributed by atoms with Crippen LogP contribution in [0.3, 0.4) is 0 Å². The topological polar surface area (TPSA) is 72.9 Å². The van der Waals surface area contributed by atoms with Crippen LogP contribution < -0.4 is 9.47 Å². The average Bonchev–Trinajstić information content (AvgIpc) is 3.10.